The minimum Gasteiger partial charge on any atom is -0.507 e. The number of benzene rings is 1. The zero-order chi connectivity index (χ0) is 14.9. The molecule has 1 aliphatic carbocycles. The van der Waals surface area contributed by atoms with Gasteiger partial charge >= 0.3 is 0 Å². The maximum absolute atomic E-state index is 10.2. The number of phenolic OH excluding ortho intramolecular Hbond substituents is 1. The summed E-state index contributed by atoms with van der Waals surface area (Å²) in [7, 11) is 0. The van der Waals surface area contributed by atoms with Crippen molar-refractivity contribution in [3.8, 4) is 5.75 Å². The van der Waals surface area contributed by atoms with Crippen LogP contribution in [0.15, 0.2) is 35.4 Å². The molecule has 108 valence electrons. The molecule has 0 fully saturated rings. The highest BCUT2D eigenvalue weighted by Crippen LogP contribution is 2.35. The summed E-state index contributed by atoms with van der Waals surface area (Å²) in [6, 6.07) is 4.14. The largest absolute Gasteiger partial charge is 0.507 e. The van der Waals surface area contributed by atoms with Gasteiger partial charge in [0.1, 0.15) is 5.75 Å². The van der Waals surface area contributed by atoms with Gasteiger partial charge in [0.05, 0.1) is 0 Å². The second kappa shape index (κ2) is 5.47. The van der Waals surface area contributed by atoms with E-state index in [0.717, 1.165) is 30.4 Å². The second-order valence-electron chi connectivity index (χ2n) is 6.89. The molecule has 0 aromatic heterocycles. The molecule has 0 aliphatic heterocycles. The first kappa shape index (κ1) is 14.9. The van der Waals surface area contributed by atoms with E-state index in [2.05, 4.69) is 45.9 Å². The third-order valence-electron chi connectivity index (χ3n) is 4.19. The van der Waals surface area contributed by atoms with Gasteiger partial charge < -0.3 is 5.11 Å². The summed E-state index contributed by atoms with van der Waals surface area (Å²) in [4.78, 5) is 0. The molecule has 1 nitrogen and oxygen atoms in total. The van der Waals surface area contributed by atoms with Crippen molar-refractivity contribution in [1.82, 2.24) is 0 Å². The minimum absolute atomic E-state index is 0.287. The van der Waals surface area contributed by atoms with Crippen molar-refractivity contribution in [2.24, 2.45) is 5.41 Å². The van der Waals surface area contributed by atoms with Crippen LogP contribution in [0.3, 0.4) is 0 Å². The van der Waals surface area contributed by atoms with E-state index in [1.807, 2.05) is 13.0 Å². The predicted molar refractivity (Wildman–Crippen MR) is 86.1 cm³/mol. The zero-order valence-corrected chi connectivity index (χ0v) is 13.4. The predicted octanol–water partition coefficient (Wildman–Crippen LogP) is 5.24. The van der Waals surface area contributed by atoms with E-state index in [1.54, 1.807) is 0 Å². The molecule has 0 saturated carbocycles. The first-order valence-corrected chi connectivity index (χ1v) is 7.45. The van der Waals surface area contributed by atoms with E-state index < -0.39 is 0 Å². The molecule has 0 bridgehead atoms. The van der Waals surface area contributed by atoms with Gasteiger partial charge in [-0.05, 0) is 62.1 Å². The Kier molecular flexibility index (Phi) is 4.08. The molecule has 0 radical (unpaired) electrons. The Morgan fingerprint density at radius 1 is 1.10 bits per heavy atom. The zero-order valence-electron chi connectivity index (χ0n) is 13.4. The third kappa shape index (κ3) is 3.33. The van der Waals surface area contributed by atoms with Crippen molar-refractivity contribution < 1.29 is 5.11 Å². The van der Waals surface area contributed by atoms with Crippen LogP contribution in [0.2, 0.25) is 0 Å². The highest BCUT2D eigenvalue weighted by molar-refractivity contribution is 5.43. The van der Waals surface area contributed by atoms with Crippen LogP contribution in [0.25, 0.3) is 0 Å². The first-order chi connectivity index (χ1) is 9.28. The Morgan fingerprint density at radius 3 is 2.45 bits per heavy atom. The Bertz CT molecular complexity index is 574. The lowest BCUT2D eigenvalue weighted by atomic mass is 9.79. The lowest BCUT2D eigenvalue weighted by molar-refractivity contribution is 0.460. The summed E-state index contributed by atoms with van der Waals surface area (Å²) in [5.41, 5.74) is 6.48. The molecule has 1 N–H and O–H groups in total. The van der Waals surface area contributed by atoms with Crippen LogP contribution >= 0.6 is 0 Å². The van der Waals surface area contributed by atoms with E-state index in [1.165, 1.54) is 16.7 Å². The van der Waals surface area contributed by atoms with Gasteiger partial charge in [0.15, 0.2) is 0 Å². The summed E-state index contributed by atoms with van der Waals surface area (Å²) in [5, 5.41) is 10.2. The van der Waals surface area contributed by atoms with Crippen LogP contribution in [0.5, 0.6) is 5.75 Å². The number of rotatable bonds is 3. The lowest BCUT2D eigenvalue weighted by Crippen LogP contribution is -2.12. The summed E-state index contributed by atoms with van der Waals surface area (Å²) in [5.74, 6) is 0.467. The van der Waals surface area contributed by atoms with Crippen LogP contribution in [-0.2, 0) is 6.42 Å². The summed E-state index contributed by atoms with van der Waals surface area (Å²) in [6.07, 6.45) is 7.65. The van der Waals surface area contributed by atoms with Crippen LogP contribution in [0.1, 0.15) is 50.3 Å². The van der Waals surface area contributed by atoms with Gasteiger partial charge in [-0.2, -0.15) is 0 Å². The molecule has 2 rings (SSSR count). The molecule has 1 aromatic carbocycles. The Morgan fingerprint density at radius 2 is 1.80 bits per heavy atom. The van der Waals surface area contributed by atoms with Gasteiger partial charge in [-0.1, -0.05) is 49.3 Å². The smallest absolute Gasteiger partial charge is 0.121 e. The maximum atomic E-state index is 10.2. The standard InChI is InChI=1S/C19H26O/c1-13-10-14(2)18(20)17(11-13)7-6-16-8-9-19(4,5)12-15(16)3/h8-11,20H,6-7,12H2,1-5H3. The van der Waals surface area contributed by atoms with E-state index in [4.69, 9.17) is 0 Å². The number of allylic oxidation sites excluding steroid dienone is 4. The normalized spacial score (nSPS) is 17.6. The van der Waals surface area contributed by atoms with E-state index in [-0.39, 0.29) is 5.41 Å². The van der Waals surface area contributed by atoms with Crippen molar-refractivity contribution >= 4 is 0 Å². The second-order valence-corrected chi connectivity index (χ2v) is 6.89. The maximum Gasteiger partial charge on any atom is 0.121 e. The molecule has 0 heterocycles. The van der Waals surface area contributed by atoms with Crippen LogP contribution in [0, 0.1) is 19.3 Å². The fraction of sp³-hybridized carbons (Fsp3) is 0.474. The summed E-state index contributed by atoms with van der Waals surface area (Å²) in [6.45, 7) is 10.9. The van der Waals surface area contributed by atoms with Gasteiger partial charge in [0.2, 0.25) is 0 Å². The molecule has 1 aromatic rings. The molecule has 0 unspecified atom stereocenters. The lowest BCUT2D eigenvalue weighted by Gasteiger charge is -2.26. The van der Waals surface area contributed by atoms with Crippen LogP contribution in [-0.4, -0.2) is 5.11 Å². The average Bonchev–Trinajstić information content (AvgIpc) is 2.32. The van der Waals surface area contributed by atoms with Crippen LogP contribution < -0.4 is 0 Å². The van der Waals surface area contributed by atoms with Crippen LogP contribution in [0.4, 0.5) is 0 Å². The van der Waals surface area contributed by atoms with Crippen molar-refractivity contribution in [2.75, 3.05) is 0 Å². The number of hydrogen-bond acceptors (Lipinski definition) is 1. The van der Waals surface area contributed by atoms with E-state index in [0.29, 0.717) is 5.75 Å². The van der Waals surface area contributed by atoms with Gasteiger partial charge in [0.25, 0.3) is 0 Å². The number of aromatic hydroxyl groups is 1. The van der Waals surface area contributed by atoms with Crippen molar-refractivity contribution in [1.29, 1.82) is 0 Å². The topological polar surface area (TPSA) is 20.2 Å². The highest BCUT2D eigenvalue weighted by atomic mass is 16.3. The fourth-order valence-corrected chi connectivity index (χ4v) is 3.13. The van der Waals surface area contributed by atoms with Gasteiger partial charge in [0, 0.05) is 0 Å². The first-order valence-electron chi connectivity index (χ1n) is 7.45. The van der Waals surface area contributed by atoms with Crippen molar-refractivity contribution in [3.05, 3.63) is 52.1 Å². The molecule has 0 atom stereocenters. The molecule has 0 amide bonds. The molecular weight excluding hydrogens is 244 g/mol. The van der Waals surface area contributed by atoms with Crippen molar-refractivity contribution in [2.45, 2.75) is 53.9 Å². The highest BCUT2D eigenvalue weighted by Gasteiger charge is 2.20. The SMILES string of the molecule is CC1=C(CCc2cc(C)cc(C)c2O)C=CC(C)(C)C1. The molecule has 0 spiro atoms. The number of hydrogen-bond donors (Lipinski definition) is 1. The van der Waals surface area contributed by atoms with Gasteiger partial charge in [-0.15, -0.1) is 0 Å². The quantitative estimate of drug-likeness (QED) is 0.796. The Balaban J connectivity index is 2.13. The molecule has 20 heavy (non-hydrogen) atoms. The minimum atomic E-state index is 0.287. The monoisotopic (exact) mass is 270 g/mol. The number of phenols is 1. The third-order valence-corrected chi connectivity index (χ3v) is 4.19. The van der Waals surface area contributed by atoms with Gasteiger partial charge in [-0.3, -0.25) is 0 Å². The fourth-order valence-electron chi connectivity index (χ4n) is 3.13. The summed E-state index contributed by atoms with van der Waals surface area (Å²) >= 11 is 0. The molecule has 1 aliphatic rings. The van der Waals surface area contributed by atoms with Crippen molar-refractivity contribution in [3.63, 3.8) is 0 Å². The molecule has 0 saturated heterocycles. The van der Waals surface area contributed by atoms with E-state index >= 15 is 0 Å². The Labute approximate surface area is 123 Å². The van der Waals surface area contributed by atoms with E-state index in [9.17, 15) is 5.11 Å². The molecular formula is C19H26O. The Hall–Kier alpha value is -1.50. The summed E-state index contributed by atoms with van der Waals surface area (Å²) < 4.78 is 0. The molecule has 1 heteroatoms. The average molecular weight is 270 g/mol. The van der Waals surface area contributed by atoms with Gasteiger partial charge in [-0.25, -0.2) is 0 Å². The number of aryl methyl sites for hydroxylation is 3.